The Hall–Kier alpha value is -2.70. The third kappa shape index (κ3) is 2.37. The summed E-state index contributed by atoms with van der Waals surface area (Å²) in [6, 6.07) is 6.82. The van der Waals surface area contributed by atoms with Crippen LogP contribution in [0.5, 0.6) is 0 Å². The molecule has 0 spiro atoms. The van der Waals surface area contributed by atoms with E-state index in [0.29, 0.717) is 18.4 Å². The number of rotatable bonds is 4. The number of benzene rings is 1. The van der Waals surface area contributed by atoms with Crippen molar-refractivity contribution in [3.05, 3.63) is 42.5 Å². The fourth-order valence-corrected chi connectivity index (χ4v) is 2.33. The lowest BCUT2D eigenvalue weighted by Crippen LogP contribution is -2.59. The maximum Gasteiger partial charge on any atom is 0.329 e. The quantitative estimate of drug-likeness (QED) is 0.874. The molecule has 1 aromatic heterocycles. The lowest BCUT2D eigenvalue weighted by molar-refractivity contribution is -0.148. The minimum atomic E-state index is -1.09. The number of hydrogen-bond donors (Lipinski definition) is 2. The van der Waals surface area contributed by atoms with Gasteiger partial charge in [0, 0.05) is 11.3 Å². The fraction of sp³-hybridized carbons (Fsp3) is 0.286. The van der Waals surface area contributed by atoms with Crippen molar-refractivity contribution < 1.29 is 14.7 Å². The number of aliphatic carboxylic acids is 1. The van der Waals surface area contributed by atoms with Crippen LogP contribution in [0.15, 0.2) is 36.9 Å². The number of carboxylic acid groups (broad SMARTS) is 1. The van der Waals surface area contributed by atoms with Gasteiger partial charge in [0.2, 0.25) is 0 Å². The first-order valence-corrected chi connectivity index (χ1v) is 6.62. The highest BCUT2D eigenvalue weighted by Gasteiger charge is 2.45. The van der Waals surface area contributed by atoms with E-state index in [2.05, 4.69) is 15.5 Å². The number of amides is 1. The molecule has 108 valence electrons. The van der Waals surface area contributed by atoms with Crippen LogP contribution < -0.4 is 5.32 Å². The molecule has 2 N–H and O–H groups in total. The monoisotopic (exact) mass is 286 g/mol. The molecule has 7 heteroatoms. The van der Waals surface area contributed by atoms with Crippen LogP contribution >= 0.6 is 0 Å². The zero-order valence-electron chi connectivity index (χ0n) is 11.2. The van der Waals surface area contributed by atoms with E-state index in [1.807, 2.05) is 0 Å². The minimum absolute atomic E-state index is 0.368. The number of nitrogens with one attached hydrogen (secondary N) is 1. The van der Waals surface area contributed by atoms with Gasteiger partial charge in [0.05, 0.1) is 0 Å². The maximum absolute atomic E-state index is 12.1. The number of carbonyl (C=O) groups excluding carboxylic acids is 1. The second-order valence-corrected chi connectivity index (χ2v) is 5.11. The topological polar surface area (TPSA) is 97.1 Å². The van der Waals surface area contributed by atoms with Crippen molar-refractivity contribution in [2.45, 2.75) is 24.8 Å². The van der Waals surface area contributed by atoms with E-state index in [1.165, 1.54) is 0 Å². The molecule has 0 saturated heterocycles. The van der Waals surface area contributed by atoms with Crippen molar-refractivity contribution in [2.24, 2.45) is 0 Å². The summed E-state index contributed by atoms with van der Waals surface area (Å²) in [7, 11) is 0. The van der Waals surface area contributed by atoms with E-state index in [-0.39, 0.29) is 5.91 Å². The molecule has 2 aromatic rings. The van der Waals surface area contributed by atoms with Gasteiger partial charge in [-0.15, -0.1) is 10.2 Å². The lowest BCUT2D eigenvalue weighted by Gasteiger charge is -2.38. The molecule has 0 radical (unpaired) electrons. The highest BCUT2D eigenvalue weighted by Crippen LogP contribution is 2.32. The van der Waals surface area contributed by atoms with E-state index in [9.17, 15) is 14.7 Å². The van der Waals surface area contributed by atoms with Crippen LogP contribution in [0, 0.1) is 0 Å². The number of carboxylic acids is 1. The Morgan fingerprint density at radius 2 is 1.76 bits per heavy atom. The summed E-state index contributed by atoms with van der Waals surface area (Å²) in [6.45, 7) is 0. The van der Waals surface area contributed by atoms with Gasteiger partial charge in [-0.05, 0) is 43.5 Å². The van der Waals surface area contributed by atoms with Crippen LogP contribution in [0.2, 0.25) is 0 Å². The predicted octanol–water partition coefficient (Wildman–Crippen LogP) is 1.00. The second kappa shape index (κ2) is 5.01. The van der Waals surface area contributed by atoms with Gasteiger partial charge >= 0.3 is 5.97 Å². The van der Waals surface area contributed by atoms with E-state index in [0.717, 1.165) is 12.1 Å². The van der Waals surface area contributed by atoms with Crippen molar-refractivity contribution in [1.29, 1.82) is 0 Å². The minimum Gasteiger partial charge on any atom is -0.480 e. The first-order chi connectivity index (χ1) is 10.1. The van der Waals surface area contributed by atoms with Crippen LogP contribution in [-0.2, 0) is 4.79 Å². The van der Waals surface area contributed by atoms with Crippen LogP contribution in [0.25, 0.3) is 5.69 Å². The Morgan fingerprint density at radius 1 is 1.14 bits per heavy atom. The third-order valence-electron chi connectivity index (χ3n) is 3.82. The van der Waals surface area contributed by atoms with Crippen LogP contribution in [-0.4, -0.2) is 37.3 Å². The summed E-state index contributed by atoms with van der Waals surface area (Å²) >= 11 is 0. The van der Waals surface area contributed by atoms with Crippen molar-refractivity contribution in [3.8, 4) is 5.69 Å². The molecule has 1 saturated carbocycles. The van der Waals surface area contributed by atoms with Gasteiger partial charge in [-0.25, -0.2) is 4.79 Å². The average molecular weight is 286 g/mol. The maximum atomic E-state index is 12.1. The SMILES string of the molecule is O=C(NC1(C(=O)O)CCC1)c1ccc(-n2cnnc2)cc1. The van der Waals surface area contributed by atoms with Crippen molar-refractivity contribution in [2.75, 3.05) is 0 Å². The van der Waals surface area contributed by atoms with Gasteiger partial charge in [-0.3, -0.25) is 9.36 Å². The number of carbonyl (C=O) groups is 2. The zero-order valence-corrected chi connectivity index (χ0v) is 11.2. The molecule has 7 nitrogen and oxygen atoms in total. The fourth-order valence-electron chi connectivity index (χ4n) is 2.33. The molecule has 3 rings (SSSR count). The van der Waals surface area contributed by atoms with Gasteiger partial charge < -0.3 is 10.4 Å². The molecule has 1 aromatic carbocycles. The Labute approximate surface area is 120 Å². The van der Waals surface area contributed by atoms with Crippen LogP contribution in [0.4, 0.5) is 0 Å². The smallest absolute Gasteiger partial charge is 0.329 e. The third-order valence-corrected chi connectivity index (χ3v) is 3.82. The number of hydrogen-bond acceptors (Lipinski definition) is 4. The Kier molecular flexibility index (Phi) is 3.17. The van der Waals surface area contributed by atoms with Gasteiger partial charge in [-0.2, -0.15) is 0 Å². The molecule has 1 heterocycles. The summed E-state index contributed by atoms with van der Waals surface area (Å²) < 4.78 is 1.71. The molecule has 0 unspecified atom stereocenters. The van der Waals surface area contributed by atoms with E-state index >= 15 is 0 Å². The van der Waals surface area contributed by atoms with Gasteiger partial charge in [0.25, 0.3) is 5.91 Å². The largest absolute Gasteiger partial charge is 0.480 e. The Morgan fingerprint density at radius 3 is 2.24 bits per heavy atom. The molecule has 0 atom stereocenters. The molecule has 1 aliphatic carbocycles. The number of nitrogens with zero attached hydrogens (tertiary/aromatic N) is 3. The molecule has 1 amide bonds. The van der Waals surface area contributed by atoms with Crippen LogP contribution in [0.3, 0.4) is 0 Å². The van der Waals surface area contributed by atoms with E-state index in [4.69, 9.17) is 0 Å². The summed E-state index contributed by atoms with van der Waals surface area (Å²) in [5.74, 6) is -1.34. The van der Waals surface area contributed by atoms with Crippen molar-refractivity contribution >= 4 is 11.9 Å². The summed E-state index contributed by atoms with van der Waals surface area (Å²) in [4.78, 5) is 23.4. The predicted molar refractivity (Wildman–Crippen MR) is 73.0 cm³/mol. The second-order valence-electron chi connectivity index (χ2n) is 5.11. The van der Waals surface area contributed by atoms with E-state index in [1.54, 1.807) is 41.5 Å². The standard InChI is InChI=1S/C14H14N4O3/c19-12(17-14(13(20)21)6-1-7-14)10-2-4-11(5-3-10)18-8-15-16-9-18/h2-5,8-9H,1,6-7H2,(H,17,19)(H,20,21). The first kappa shape index (κ1) is 13.3. The average Bonchev–Trinajstić information content (AvgIpc) is 2.96. The molecule has 1 aliphatic rings. The normalized spacial score (nSPS) is 16.0. The molecule has 0 aliphatic heterocycles. The summed E-state index contributed by atoms with van der Waals surface area (Å²) in [5.41, 5.74) is 0.164. The zero-order chi connectivity index (χ0) is 14.9. The molecule has 21 heavy (non-hydrogen) atoms. The first-order valence-electron chi connectivity index (χ1n) is 6.62. The molecular formula is C14H14N4O3. The Bertz CT molecular complexity index is 660. The molecule has 1 fully saturated rings. The molecule has 0 bridgehead atoms. The highest BCUT2D eigenvalue weighted by molar-refractivity contribution is 5.98. The van der Waals surface area contributed by atoms with Gasteiger partial charge in [0.15, 0.2) is 0 Å². The summed E-state index contributed by atoms with van der Waals surface area (Å²) in [6.07, 6.45) is 4.89. The Balaban J connectivity index is 1.75. The van der Waals surface area contributed by atoms with Crippen LogP contribution in [0.1, 0.15) is 29.6 Å². The highest BCUT2D eigenvalue weighted by atomic mass is 16.4. The lowest BCUT2D eigenvalue weighted by atomic mass is 9.76. The van der Waals surface area contributed by atoms with Gasteiger partial charge in [-0.1, -0.05) is 0 Å². The number of aromatic nitrogens is 3. The van der Waals surface area contributed by atoms with Gasteiger partial charge in [0.1, 0.15) is 18.2 Å². The summed E-state index contributed by atoms with van der Waals surface area (Å²) in [5, 5.41) is 19.3. The van der Waals surface area contributed by atoms with Crippen molar-refractivity contribution in [3.63, 3.8) is 0 Å². The van der Waals surface area contributed by atoms with Crippen molar-refractivity contribution in [1.82, 2.24) is 20.1 Å². The molecular weight excluding hydrogens is 272 g/mol. The van der Waals surface area contributed by atoms with E-state index < -0.39 is 11.5 Å².